The van der Waals surface area contributed by atoms with Gasteiger partial charge in [-0.25, -0.2) is 9.78 Å². The summed E-state index contributed by atoms with van der Waals surface area (Å²) in [7, 11) is 0. The third-order valence-electron chi connectivity index (χ3n) is 1.07. The minimum atomic E-state index is -1.23. The molecule has 58 valence electrons. The molecule has 2 N–H and O–H groups in total. The number of carboxylic acids is 1. The standard InChI is InChI=1S/C6H6N2O3/c1-3-2-4(9)8-5(7-3)6(10)11/h2H,1H3,(H,10,11)(H,7,8,9). The van der Waals surface area contributed by atoms with Crippen LogP contribution in [0.3, 0.4) is 0 Å². The van der Waals surface area contributed by atoms with Crippen molar-refractivity contribution in [3.8, 4) is 0 Å². The van der Waals surface area contributed by atoms with E-state index in [1.807, 2.05) is 0 Å². The molecule has 0 amide bonds. The Hall–Kier alpha value is -1.65. The zero-order valence-corrected chi connectivity index (χ0v) is 5.79. The van der Waals surface area contributed by atoms with E-state index in [1.165, 1.54) is 6.07 Å². The highest BCUT2D eigenvalue weighted by Gasteiger charge is 2.04. The Morgan fingerprint density at radius 1 is 1.73 bits per heavy atom. The van der Waals surface area contributed by atoms with Crippen LogP contribution in [0.2, 0.25) is 0 Å². The largest absolute Gasteiger partial charge is 0.475 e. The highest BCUT2D eigenvalue weighted by atomic mass is 16.4. The Labute approximate surface area is 61.7 Å². The van der Waals surface area contributed by atoms with E-state index in [0.29, 0.717) is 5.69 Å². The molecular weight excluding hydrogens is 148 g/mol. The molecule has 0 radical (unpaired) electrons. The van der Waals surface area contributed by atoms with Gasteiger partial charge in [-0.3, -0.25) is 4.79 Å². The van der Waals surface area contributed by atoms with Crippen molar-refractivity contribution >= 4 is 5.97 Å². The Morgan fingerprint density at radius 3 is 2.82 bits per heavy atom. The molecule has 0 saturated heterocycles. The molecule has 11 heavy (non-hydrogen) atoms. The first-order valence-electron chi connectivity index (χ1n) is 2.91. The molecule has 0 saturated carbocycles. The number of aromatic nitrogens is 2. The number of nitrogens with one attached hydrogen (secondary N) is 1. The molecule has 0 aliphatic carbocycles. The lowest BCUT2D eigenvalue weighted by molar-refractivity contribution is 0.0682. The molecule has 1 rings (SSSR count). The number of nitrogens with zero attached hydrogens (tertiary/aromatic N) is 1. The molecule has 1 aromatic rings. The molecule has 0 spiro atoms. The lowest BCUT2D eigenvalue weighted by Gasteiger charge is -1.93. The van der Waals surface area contributed by atoms with Crippen LogP contribution in [0.25, 0.3) is 0 Å². The molecule has 5 nitrogen and oxygen atoms in total. The van der Waals surface area contributed by atoms with Crippen LogP contribution in [0, 0.1) is 6.92 Å². The second-order valence-corrected chi connectivity index (χ2v) is 2.04. The second-order valence-electron chi connectivity index (χ2n) is 2.04. The summed E-state index contributed by atoms with van der Waals surface area (Å²) in [5.74, 6) is -1.55. The van der Waals surface area contributed by atoms with Crippen LogP contribution in [-0.4, -0.2) is 21.0 Å². The summed E-state index contributed by atoms with van der Waals surface area (Å²) in [5, 5.41) is 8.40. The third kappa shape index (κ3) is 1.64. The van der Waals surface area contributed by atoms with E-state index in [2.05, 4.69) is 9.97 Å². The highest BCUT2D eigenvalue weighted by Crippen LogP contribution is 1.88. The molecule has 5 heteroatoms. The van der Waals surface area contributed by atoms with Crippen molar-refractivity contribution in [3.05, 3.63) is 27.9 Å². The van der Waals surface area contributed by atoms with E-state index >= 15 is 0 Å². The number of aromatic carboxylic acids is 1. The molecule has 0 fully saturated rings. The number of carbonyl (C=O) groups is 1. The number of rotatable bonds is 1. The first-order valence-corrected chi connectivity index (χ1v) is 2.91. The van der Waals surface area contributed by atoms with Gasteiger partial charge in [0.05, 0.1) is 0 Å². The van der Waals surface area contributed by atoms with Gasteiger partial charge < -0.3 is 10.1 Å². The summed E-state index contributed by atoms with van der Waals surface area (Å²) < 4.78 is 0. The van der Waals surface area contributed by atoms with Crippen LogP contribution < -0.4 is 5.56 Å². The summed E-state index contributed by atoms with van der Waals surface area (Å²) in [6.07, 6.45) is 0. The summed E-state index contributed by atoms with van der Waals surface area (Å²) in [6.45, 7) is 1.56. The van der Waals surface area contributed by atoms with Gasteiger partial charge in [-0.05, 0) is 6.92 Å². The second kappa shape index (κ2) is 2.53. The molecule has 0 unspecified atom stereocenters. The molecule has 1 aromatic heterocycles. The van der Waals surface area contributed by atoms with Gasteiger partial charge in [0.2, 0.25) is 5.82 Å². The summed E-state index contributed by atoms with van der Waals surface area (Å²) >= 11 is 0. The Kier molecular flexibility index (Phi) is 1.72. The lowest BCUT2D eigenvalue weighted by atomic mass is 10.4. The van der Waals surface area contributed by atoms with Gasteiger partial charge >= 0.3 is 5.97 Å². The minimum Gasteiger partial charge on any atom is -0.475 e. The number of carboxylic acid groups (broad SMARTS) is 1. The van der Waals surface area contributed by atoms with Gasteiger partial charge in [0.25, 0.3) is 5.56 Å². The smallest absolute Gasteiger partial charge is 0.372 e. The van der Waals surface area contributed by atoms with Gasteiger partial charge in [-0.15, -0.1) is 0 Å². The Morgan fingerprint density at radius 2 is 2.36 bits per heavy atom. The van der Waals surface area contributed by atoms with Crippen LogP contribution in [0.4, 0.5) is 0 Å². The van der Waals surface area contributed by atoms with E-state index in [0.717, 1.165) is 0 Å². The van der Waals surface area contributed by atoms with Gasteiger partial charge in [-0.2, -0.15) is 0 Å². The first kappa shape index (κ1) is 7.46. The third-order valence-corrected chi connectivity index (χ3v) is 1.07. The van der Waals surface area contributed by atoms with E-state index in [1.54, 1.807) is 6.92 Å². The molecule has 0 atom stereocenters. The Balaban J connectivity index is 3.30. The number of hydrogen-bond donors (Lipinski definition) is 2. The van der Waals surface area contributed by atoms with Crippen LogP contribution >= 0.6 is 0 Å². The lowest BCUT2D eigenvalue weighted by Crippen LogP contribution is -2.15. The molecule has 0 aliphatic rings. The van der Waals surface area contributed by atoms with E-state index in [4.69, 9.17) is 5.11 Å². The maximum absolute atomic E-state index is 10.7. The van der Waals surface area contributed by atoms with Crippen molar-refractivity contribution < 1.29 is 9.90 Å². The number of aromatic amines is 1. The zero-order chi connectivity index (χ0) is 8.43. The van der Waals surface area contributed by atoms with Crippen molar-refractivity contribution in [2.75, 3.05) is 0 Å². The van der Waals surface area contributed by atoms with Crippen molar-refractivity contribution in [1.29, 1.82) is 0 Å². The zero-order valence-electron chi connectivity index (χ0n) is 5.79. The van der Waals surface area contributed by atoms with Crippen molar-refractivity contribution in [2.24, 2.45) is 0 Å². The van der Waals surface area contributed by atoms with Crippen LogP contribution in [-0.2, 0) is 0 Å². The van der Waals surface area contributed by atoms with E-state index in [9.17, 15) is 9.59 Å². The van der Waals surface area contributed by atoms with Crippen molar-refractivity contribution in [3.63, 3.8) is 0 Å². The van der Waals surface area contributed by atoms with Gasteiger partial charge in [0.1, 0.15) is 0 Å². The summed E-state index contributed by atoms with van der Waals surface area (Å²) in [6, 6.07) is 1.23. The van der Waals surface area contributed by atoms with Crippen molar-refractivity contribution in [1.82, 2.24) is 9.97 Å². The molecule has 0 bridgehead atoms. The topological polar surface area (TPSA) is 83.0 Å². The fourth-order valence-corrected chi connectivity index (χ4v) is 0.680. The van der Waals surface area contributed by atoms with E-state index in [-0.39, 0.29) is 5.82 Å². The number of aryl methyl sites for hydroxylation is 1. The maximum Gasteiger partial charge on any atom is 0.372 e. The van der Waals surface area contributed by atoms with Gasteiger partial charge in [0.15, 0.2) is 0 Å². The summed E-state index contributed by atoms with van der Waals surface area (Å²) in [4.78, 5) is 26.6. The maximum atomic E-state index is 10.7. The molecule has 0 aromatic carbocycles. The van der Waals surface area contributed by atoms with Gasteiger partial charge in [0, 0.05) is 11.8 Å². The normalized spacial score (nSPS) is 9.55. The SMILES string of the molecule is Cc1cc(=O)[nH]c(C(=O)O)n1. The fraction of sp³-hybridized carbons (Fsp3) is 0.167. The van der Waals surface area contributed by atoms with E-state index < -0.39 is 11.5 Å². The summed E-state index contributed by atoms with van der Waals surface area (Å²) in [5.41, 5.74) is -0.0546. The Bertz CT molecular complexity index is 342. The molecule has 0 aliphatic heterocycles. The predicted molar refractivity (Wildman–Crippen MR) is 36.6 cm³/mol. The number of hydrogen-bond acceptors (Lipinski definition) is 3. The quantitative estimate of drug-likeness (QED) is 0.585. The highest BCUT2D eigenvalue weighted by molar-refractivity contribution is 5.82. The fourth-order valence-electron chi connectivity index (χ4n) is 0.680. The van der Waals surface area contributed by atoms with Crippen LogP contribution in [0.1, 0.15) is 16.3 Å². The van der Waals surface area contributed by atoms with Crippen molar-refractivity contribution in [2.45, 2.75) is 6.92 Å². The van der Waals surface area contributed by atoms with Crippen LogP contribution in [0.15, 0.2) is 10.9 Å². The first-order chi connectivity index (χ1) is 5.09. The molecule has 1 heterocycles. The average molecular weight is 154 g/mol. The molecular formula is C6H6N2O3. The predicted octanol–water partition coefficient (Wildman–Crippen LogP) is -0.223. The minimum absolute atomic E-state index is 0.324. The van der Waals surface area contributed by atoms with Gasteiger partial charge in [-0.1, -0.05) is 0 Å². The monoisotopic (exact) mass is 154 g/mol. The van der Waals surface area contributed by atoms with Crippen LogP contribution in [0.5, 0.6) is 0 Å². The average Bonchev–Trinajstić information content (AvgIpc) is 1.85. The number of H-pyrrole nitrogens is 1.